The minimum Gasteiger partial charge on any atom is -0.481 e. The van der Waals surface area contributed by atoms with Gasteiger partial charge in [0.05, 0.1) is 18.5 Å². The van der Waals surface area contributed by atoms with Crippen LogP contribution in [0, 0.1) is 6.92 Å². The summed E-state index contributed by atoms with van der Waals surface area (Å²) < 4.78 is 7.26. The lowest BCUT2D eigenvalue weighted by Crippen LogP contribution is -2.14. The highest BCUT2D eigenvalue weighted by atomic mass is 32.1. The van der Waals surface area contributed by atoms with E-state index in [0.717, 1.165) is 29.3 Å². The number of fused-ring (bicyclic) bond motifs is 1. The van der Waals surface area contributed by atoms with Crippen LogP contribution in [0.3, 0.4) is 0 Å². The molecule has 0 fully saturated rings. The lowest BCUT2D eigenvalue weighted by molar-refractivity contribution is 0.397. The van der Waals surface area contributed by atoms with E-state index in [0.29, 0.717) is 5.88 Å². The van der Waals surface area contributed by atoms with Crippen LogP contribution in [0.5, 0.6) is 5.88 Å². The van der Waals surface area contributed by atoms with E-state index in [1.54, 1.807) is 24.6 Å². The largest absolute Gasteiger partial charge is 0.481 e. The van der Waals surface area contributed by atoms with Crippen LogP contribution in [0.15, 0.2) is 29.9 Å². The van der Waals surface area contributed by atoms with Crippen LogP contribution in [0.25, 0.3) is 4.96 Å². The van der Waals surface area contributed by atoms with Gasteiger partial charge in [-0.05, 0) is 18.6 Å². The van der Waals surface area contributed by atoms with Crippen molar-refractivity contribution >= 4 is 16.3 Å². The molecule has 0 aliphatic carbocycles. The average Bonchev–Trinajstić information content (AvgIpc) is 3.01. The summed E-state index contributed by atoms with van der Waals surface area (Å²) in [6, 6.07) is 3.93. The molecule has 1 N–H and O–H groups in total. The molecular weight excluding hydrogens is 272 g/mol. The van der Waals surface area contributed by atoms with E-state index < -0.39 is 0 Å². The zero-order valence-corrected chi connectivity index (χ0v) is 12.3. The summed E-state index contributed by atoms with van der Waals surface area (Å²) in [5, 5.41) is 5.49. The van der Waals surface area contributed by atoms with Gasteiger partial charge in [0, 0.05) is 36.9 Å². The number of pyridine rings is 1. The van der Waals surface area contributed by atoms with E-state index >= 15 is 0 Å². The zero-order chi connectivity index (χ0) is 13.9. The molecule has 0 atom stereocenters. The molecule has 0 aliphatic heterocycles. The Morgan fingerprint density at radius 2 is 2.30 bits per heavy atom. The molecule has 0 spiro atoms. The molecule has 0 aromatic carbocycles. The number of imidazole rings is 1. The molecule has 0 unspecified atom stereocenters. The second-order valence-electron chi connectivity index (χ2n) is 4.51. The number of hydrogen-bond acceptors (Lipinski definition) is 5. The molecule has 104 valence electrons. The monoisotopic (exact) mass is 288 g/mol. The predicted octanol–water partition coefficient (Wildman–Crippen LogP) is 2.40. The van der Waals surface area contributed by atoms with Crippen LogP contribution in [0.4, 0.5) is 0 Å². The first-order valence-corrected chi connectivity index (χ1v) is 7.26. The lowest BCUT2D eigenvalue weighted by atomic mass is 10.2. The Kier molecular flexibility index (Phi) is 3.66. The van der Waals surface area contributed by atoms with Crippen LogP contribution in [0.1, 0.15) is 17.0 Å². The molecular formula is C14H16N4OS. The standard InChI is InChI=1S/C14H16N4OS/c1-10-12(18-5-6-20-14(18)17-10)9-15-8-11-3-4-16-13(7-11)19-2/h3-7,15H,8-9H2,1-2H3. The first-order chi connectivity index (χ1) is 9.78. The van der Waals surface area contributed by atoms with Crippen LogP contribution >= 0.6 is 11.3 Å². The Balaban J connectivity index is 1.67. The van der Waals surface area contributed by atoms with Crippen LogP contribution in [0.2, 0.25) is 0 Å². The first-order valence-electron chi connectivity index (χ1n) is 6.38. The lowest BCUT2D eigenvalue weighted by Gasteiger charge is -2.06. The van der Waals surface area contributed by atoms with Gasteiger partial charge in [-0.3, -0.25) is 4.40 Å². The van der Waals surface area contributed by atoms with E-state index in [1.807, 2.05) is 19.1 Å². The number of methoxy groups -OCH3 is 1. The SMILES string of the molecule is COc1cc(CNCc2c(C)nc3sccn23)ccn1. The smallest absolute Gasteiger partial charge is 0.213 e. The van der Waals surface area contributed by atoms with Gasteiger partial charge in [-0.15, -0.1) is 11.3 Å². The molecule has 6 heteroatoms. The number of aryl methyl sites for hydroxylation is 1. The first kappa shape index (κ1) is 13.1. The number of hydrogen-bond donors (Lipinski definition) is 1. The van der Waals surface area contributed by atoms with Crippen LogP contribution < -0.4 is 10.1 Å². The number of ether oxygens (including phenoxy) is 1. The van der Waals surface area contributed by atoms with E-state index in [1.165, 1.54) is 5.69 Å². The summed E-state index contributed by atoms with van der Waals surface area (Å²) >= 11 is 1.66. The zero-order valence-electron chi connectivity index (χ0n) is 11.5. The van der Waals surface area contributed by atoms with Gasteiger partial charge in [0.15, 0.2) is 4.96 Å². The van der Waals surface area contributed by atoms with Gasteiger partial charge in [-0.1, -0.05) is 0 Å². The normalized spacial score (nSPS) is 11.1. The van der Waals surface area contributed by atoms with Crippen molar-refractivity contribution in [1.82, 2.24) is 19.7 Å². The van der Waals surface area contributed by atoms with Gasteiger partial charge in [-0.2, -0.15) is 0 Å². The summed E-state index contributed by atoms with van der Waals surface area (Å²) in [7, 11) is 1.63. The van der Waals surface area contributed by atoms with Gasteiger partial charge < -0.3 is 10.1 Å². The van der Waals surface area contributed by atoms with E-state index in [9.17, 15) is 0 Å². The molecule has 20 heavy (non-hydrogen) atoms. The Morgan fingerprint density at radius 3 is 3.15 bits per heavy atom. The van der Waals surface area contributed by atoms with Crippen molar-refractivity contribution in [3.05, 3.63) is 46.9 Å². The van der Waals surface area contributed by atoms with Crippen molar-refractivity contribution in [3.8, 4) is 5.88 Å². The maximum atomic E-state index is 5.12. The fourth-order valence-corrected chi connectivity index (χ4v) is 2.93. The Morgan fingerprint density at radius 1 is 1.40 bits per heavy atom. The number of aromatic nitrogens is 3. The van der Waals surface area contributed by atoms with Gasteiger partial charge in [0.2, 0.25) is 5.88 Å². The topological polar surface area (TPSA) is 51.5 Å². The fourth-order valence-electron chi connectivity index (χ4n) is 2.15. The van der Waals surface area contributed by atoms with Crippen molar-refractivity contribution in [1.29, 1.82) is 0 Å². The molecule has 0 aliphatic rings. The van der Waals surface area contributed by atoms with Gasteiger partial charge in [-0.25, -0.2) is 9.97 Å². The summed E-state index contributed by atoms with van der Waals surface area (Å²) in [4.78, 5) is 9.69. The van der Waals surface area contributed by atoms with Crippen molar-refractivity contribution in [3.63, 3.8) is 0 Å². The Labute approximate surface area is 121 Å². The van der Waals surface area contributed by atoms with E-state index in [-0.39, 0.29) is 0 Å². The molecule has 3 aromatic heterocycles. The third-order valence-electron chi connectivity index (χ3n) is 3.19. The Bertz CT molecular complexity index is 719. The maximum absolute atomic E-state index is 5.12. The minimum absolute atomic E-state index is 0.644. The summed E-state index contributed by atoms with van der Waals surface area (Å²) in [5.41, 5.74) is 3.44. The fraction of sp³-hybridized carbons (Fsp3) is 0.286. The molecule has 3 aromatic rings. The maximum Gasteiger partial charge on any atom is 0.213 e. The Hall–Kier alpha value is -1.92. The number of nitrogens with one attached hydrogen (secondary N) is 1. The van der Waals surface area contributed by atoms with Crippen molar-refractivity contribution in [2.45, 2.75) is 20.0 Å². The molecule has 0 saturated heterocycles. The molecule has 3 heterocycles. The van der Waals surface area contributed by atoms with Gasteiger partial charge in [0.25, 0.3) is 0 Å². The molecule has 5 nitrogen and oxygen atoms in total. The van der Waals surface area contributed by atoms with Gasteiger partial charge in [0.1, 0.15) is 0 Å². The summed E-state index contributed by atoms with van der Waals surface area (Å²) in [6.07, 6.45) is 3.82. The highest BCUT2D eigenvalue weighted by molar-refractivity contribution is 7.15. The second-order valence-corrected chi connectivity index (χ2v) is 5.38. The summed E-state index contributed by atoms with van der Waals surface area (Å²) in [5.74, 6) is 0.644. The van der Waals surface area contributed by atoms with E-state index in [4.69, 9.17) is 4.74 Å². The quantitative estimate of drug-likeness (QED) is 0.783. The average molecular weight is 288 g/mol. The number of rotatable bonds is 5. The number of thiazole rings is 1. The minimum atomic E-state index is 0.644. The van der Waals surface area contributed by atoms with Crippen molar-refractivity contribution in [2.24, 2.45) is 0 Å². The van der Waals surface area contributed by atoms with Crippen molar-refractivity contribution < 1.29 is 4.74 Å². The molecule has 0 amide bonds. The third kappa shape index (κ3) is 2.52. The molecule has 0 radical (unpaired) electrons. The molecule has 3 rings (SSSR count). The predicted molar refractivity (Wildman–Crippen MR) is 79.1 cm³/mol. The van der Waals surface area contributed by atoms with E-state index in [2.05, 4.69) is 31.3 Å². The third-order valence-corrected chi connectivity index (χ3v) is 3.95. The molecule has 0 saturated carbocycles. The number of nitrogens with zero attached hydrogens (tertiary/aromatic N) is 3. The van der Waals surface area contributed by atoms with Gasteiger partial charge >= 0.3 is 0 Å². The van der Waals surface area contributed by atoms with Crippen LogP contribution in [-0.2, 0) is 13.1 Å². The summed E-state index contributed by atoms with van der Waals surface area (Å²) in [6.45, 7) is 3.61. The van der Waals surface area contributed by atoms with Crippen molar-refractivity contribution in [2.75, 3.05) is 7.11 Å². The highest BCUT2D eigenvalue weighted by Gasteiger charge is 2.08. The second kappa shape index (κ2) is 5.60. The molecule has 0 bridgehead atoms. The highest BCUT2D eigenvalue weighted by Crippen LogP contribution is 2.16. The van der Waals surface area contributed by atoms with Crippen LogP contribution in [-0.4, -0.2) is 21.5 Å².